The van der Waals surface area contributed by atoms with Crippen LogP contribution in [-0.4, -0.2) is 15.4 Å². The highest BCUT2D eigenvalue weighted by Gasteiger charge is 2.10. The van der Waals surface area contributed by atoms with Crippen molar-refractivity contribution >= 4 is 0 Å². The van der Waals surface area contributed by atoms with Gasteiger partial charge in [-0.1, -0.05) is 10.3 Å². The summed E-state index contributed by atoms with van der Waals surface area (Å²) in [6.45, 7) is 3.40. The molecule has 1 unspecified atom stereocenters. The van der Waals surface area contributed by atoms with Crippen molar-refractivity contribution in [2.45, 2.75) is 26.6 Å². The van der Waals surface area contributed by atoms with Gasteiger partial charge < -0.3 is 9.84 Å². The first kappa shape index (κ1) is 12.5. The molecule has 96 valence electrons. The zero-order valence-electron chi connectivity index (χ0n) is 10.1. The molecule has 2 aromatic rings. The van der Waals surface area contributed by atoms with Crippen LogP contribution >= 0.6 is 0 Å². The van der Waals surface area contributed by atoms with Gasteiger partial charge in [-0.2, -0.15) is 0 Å². The Morgan fingerprint density at radius 3 is 2.78 bits per heavy atom. The number of aromatic nitrogens is 2. The van der Waals surface area contributed by atoms with Crippen molar-refractivity contribution < 1.29 is 18.9 Å². The fraction of sp³-hybridized carbons (Fsp3) is 0.333. The number of rotatable bonds is 4. The number of aliphatic hydroxyl groups excluding tert-OH is 1. The Hall–Kier alpha value is -1.95. The van der Waals surface area contributed by atoms with E-state index in [4.69, 9.17) is 4.74 Å². The number of aliphatic hydroxyl groups is 1. The maximum Gasteiger partial charge on any atom is 0.145 e. The number of hydrogen-bond donors (Lipinski definition) is 1. The van der Waals surface area contributed by atoms with Crippen LogP contribution < -0.4 is 4.74 Å². The first-order valence-corrected chi connectivity index (χ1v) is 5.46. The van der Waals surface area contributed by atoms with E-state index in [1.165, 1.54) is 19.1 Å². The second kappa shape index (κ2) is 5.14. The summed E-state index contributed by atoms with van der Waals surface area (Å²) in [5.41, 5.74) is 1.44. The highest BCUT2D eigenvalue weighted by molar-refractivity contribution is 5.30. The molecule has 0 spiro atoms. The van der Waals surface area contributed by atoms with E-state index in [1.807, 2.05) is 0 Å². The number of hydrogen-bond acceptors (Lipinski definition) is 5. The maximum absolute atomic E-state index is 13.6. The molecule has 6 heteroatoms. The molecule has 1 aromatic carbocycles. The number of aryl methyl sites for hydroxylation is 1. The molecule has 2 rings (SSSR count). The lowest BCUT2D eigenvalue weighted by atomic mass is 10.1. The van der Waals surface area contributed by atoms with E-state index in [0.717, 1.165) is 0 Å². The van der Waals surface area contributed by atoms with Crippen LogP contribution in [0.2, 0.25) is 0 Å². The van der Waals surface area contributed by atoms with E-state index in [-0.39, 0.29) is 12.2 Å². The topological polar surface area (TPSA) is 68.4 Å². The van der Waals surface area contributed by atoms with Gasteiger partial charge in [0.25, 0.3) is 0 Å². The average Bonchev–Trinajstić information content (AvgIpc) is 2.72. The molecule has 1 heterocycles. The number of nitrogens with zero attached hydrogens (tertiary/aromatic N) is 2. The maximum atomic E-state index is 13.6. The van der Waals surface area contributed by atoms with Gasteiger partial charge in [0.05, 0.1) is 6.10 Å². The van der Waals surface area contributed by atoms with Crippen molar-refractivity contribution in [3.8, 4) is 5.75 Å². The molecule has 0 bridgehead atoms. The van der Waals surface area contributed by atoms with Crippen LogP contribution in [0.3, 0.4) is 0 Å². The predicted octanol–water partition coefficient (Wildman–Crippen LogP) is 2.15. The Morgan fingerprint density at radius 2 is 2.22 bits per heavy atom. The average molecular weight is 252 g/mol. The largest absolute Gasteiger partial charge is 0.487 e. The molecule has 0 saturated heterocycles. The van der Waals surface area contributed by atoms with Crippen molar-refractivity contribution in [2.75, 3.05) is 0 Å². The zero-order chi connectivity index (χ0) is 13.1. The van der Waals surface area contributed by atoms with Crippen LogP contribution in [0.15, 0.2) is 22.8 Å². The SMILES string of the molecule is Cc1nonc1COc1ccc(C(C)O)c(F)c1. The minimum atomic E-state index is -0.846. The Labute approximate surface area is 103 Å². The standard InChI is InChI=1S/C12H13FN2O3/c1-7-12(15-18-14-7)6-17-9-3-4-10(8(2)16)11(13)5-9/h3-5,8,16H,6H2,1-2H3. The van der Waals surface area contributed by atoms with Crippen LogP contribution in [0.4, 0.5) is 4.39 Å². The summed E-state index contributed by atoms with van der Waals surface area (Å²) in [4.78, 5) is 0. The van der Waals surface area contributed by atoms with Gasteiger partial charge >= 0.3 is 0 Å². The summed E-state index contributed by atoms with van der Waals surface area (Å²) in [5, 5.41) is 16.6. The van der Waals surface area contributed by atoms with Crippen LogP contribution in [0, 0.1) is 12.7 Å². The molecule has 0 aliphatic rings. The second-order valence-corrected chi connectivity index (χ2v) is 3.94. The lowest BCUT2D eigenvalue weighted by Crippen LogP contribution is -2.00. The summed E-state index contributed by atoms with van der Waals surface area (Å²) < 4.78 is 23.4. The fourth-order valence-electron chi connectivity index (χ4n) is 1.47. The third-order valence-electron chi connectivity index (χ3n) is 2.54. The van der Waals surface area contributed by atoms with Crippen molar-refractivity contribution in [2.24, 2.45) is 0 Å². The molecule has 5 nitrogen and oxygen atoms in total. The summed E-state index contributed by atoms with van der Waals surface area (Å²) in [7, 11) is 0. The van der Waals surface area contributed by atoms with Gasteiger partial charge in [-0.3, -0.25) is 0 Å². The molecule has 1 aromatic heterocycles. The lowest BCUT2D eigenvalue weighted by Gasteiger charge is -2.09. The fourth-order valence-corrected chi connectivity index (χ4v) is 1.47. The summed E-state index contributed by atoms with van der Waals surface area (Å²) in [5.74, 6) is -0.142. The van der Waals surface area contributed by atoms with Crippen molar-refractivity contribution in [3.63, 3.8) is 0 Å². The van der Waals surface area contributed by atoms with E-state index in [0.29, 0.717) is 17.1 Å². The highest BCUT2D eigenvalue weighted by Crippen LogP contribution is 2.22. The van der Waals surface area contributed by atoms with E-state index >= 15 is 0 Å². The van der Waals surface area contributed by atoms with Gasteiger partial charge in [-0.05, 0) is 26.0 Å². The molecule has 0 saturated carbocycles. The van der Waals surface area contributed by atoms with Crippen LogP contribution in [0.1, 0.15) is 30.0 Å². The first-order valence-electron chi connectivity index (χ1n) is 5.46. The normalized spacial score (nSPS) is 12.4. The van der Waals surface area contributed by atoms with Gasteiger partial charge in [-0.15, -0.1) is 0 Å². The number of benzene rings is 1. The minimum absolute atomic E-state index is 0.156. The van der Waals surface area contributed by atoms with Gasteiger partial charge in [0.15, 0.2) is 0 Å². The predicted molar refractivity (Wildman–Crippen MR) is 60.4 cm³/mol. The first-order chi connectivity index (χ1) is 8.58. The molecule has 18 heavy (non-hydrogen) atoms. The summed E-state index contributed by atoms with van der Waals surface area (Å²) in [6.07, 6.45) is -0.846. The Bertz CT molecular complexity index is 540. The Kier molecular flexibility index (Phi) is 3.57. The van der Waals surface area contributed by atoms with Crippen LogP contribution in [-0.2, 0) is 6.61 Å². The minimum Gasteiger partial charge on any atom is -0.487 e. The zero-order valence-corrected chi connectivity index (χ0v) is 10.1. The Balaban J connectivity index is 2.07. The molecule has 0 fully saturated rings. The number of ether oxygens (including phenoxy) is 1. The third kappa shape index (κ3) is 2.65. The second-order valence-electron chi connectivity index (χ2n) is 3.94. The summed E-state index contributed by atoms with van der Waals surface area (Å²) in [6, 6.07) is 4.31. The molecule has 1 N–H and O–H groups in total. The molecule has 0 amide bonds. The van der Waals surface area contributed by atoms with Gasteiger partial charge in [-0.25, -0.2) is 9.02 Å². The molecular weight excluding hydrogens is 239 g/mol. The molecule has 1 atom stereocenters. The smallest absolute Gasteiger partial charge is 0.145 e. The van der Waals surface area contributed by atoms with Crippen LogP contribution in [0.25, 0.3) is 0 Å². The van der Waals surface area contributed by atoms with E-state index in [9.17, 15) is 9.50 Å². The van der Waals surface area contributed by atoms with Crippen molar-refractivity contribution in [1.29, 1.82) is 0 Å². The Morgan fingerprint density at radius 1 is 1.44 bits per heavy atom. The monoisotopic (exact) mass is 252 g/mol. The van der Waals surface area contributed by atoms with E-state index in [2.05, 4.69) is 14.9 Å². The van der Waals surface area contributed by atoms with Crippen molar-refractivity contribution in [3.05, 3.63) is 41.0 Å². The summed E-state index contributed by atoms with van der Waals surface area (Å²) >= 11 is 0. The van der Waals surface area contributed by atoms with E-state index in [1.54, 1.807) is 13.0 Å². The lowest BCUT2D eigenvalue weighted by molar-refractivity contribution is 0.193. The molecule has 0 aliphatic carbocycles. The highest BCUT2D eigenvalue weighted by atomic mass is 19.1. The van der Waals surface area contributed by atoms with Crippen LogP contribution in [0.5, 0.6) is 5.75 Å². The third-order valence-corrected chi connectivity index (χ3v) is 2.54. The van der Waals surface area contributed by atoms with E-state index < -0.39 is 11.9 Å². The number of halogens is 1. The van der Waals surface area contributed by atoms with Gasteiger partial charge in [0.1, 0.15) is 29.6 Å². The quantitative estimate of drug-likeness (QED) is 0.902. The van der Waals surface area contributed by atoms with Gasteiger partial charge in [0.2, 0.25) is 0 Å². The van der Waals surface area contributed by atoms with Gasteiger partial charge in [0, 0.05) is 11.6 Å². The molecular formula is C12H13FN2O3. The molecule has 0 aliphatic heterocycles. The molecule has 0 radical (unpaired) electrons. The van der Waals surface area contributed by atoms with Crippen molar-refractivity contribution in [1.82, 2.24) is 10.3 Å².